The van der Waals surface area contributed by atoms with Crippen molar-refractivity contribution in [3.05, 3.63) is 36.9 Å². The molecule has 0 aliphatic carbocycles. The van der Waals surface area contributed by atoms with Crippen LogP contribution in [0.25, 0.3) is 27.9 Å². The molecule has 2 N–H and O–H groups in total. The molecule has 8 heteroatoms. The highest BCUT2D eigenvalue weighted by molar-refractivity contribution is 5.92. The smallest absolute Gasteiger partial charge is 0.224 e. The largest absolute Gasteiger partial charge is 0.383 e. The first-order valence-corrected chi connectivity index (χ1v) is 7.65. The molecule has 0 radical (unpaired) electrons. The summed E-state index contributed by atoms with van der Waals surface area (Å²) in [4.78, 5) is 16.3. The summed E-state index contributed by atoms with van der Waals surface area (Å²) in [6.07, 6.45) is 7.25. The summed E-state index contributed by atoms with van der Waals surface area (Å²) in [6, 6.07) is 4.01. The van der Waals surface area contributed by atoms with Crippen LogP contribution in [0.4, 0.5) is 5.95 Å². The van der Waals surface area contributed by atoms with E-state index in [9.17, 15) is 0 Å². The van der Waals surface area contributed by atoms with E-state index in [0.29, 0.717) is 12.6 Å². The second kappa shape index (κ2) is 5.89. The van der Waals surface area contributed by atoms with E-state index in [1.54, 1.807) is 24.0 Å². The summed E-state index contributed by atoms with van der Waals surface area (Å²) in [5.41, 5.74) is 3.37. The first-order valence-electron chi connectivity index (χ1n) is 7.65. The Hall–Kier alpha value is -3.00. The molecule has 24 heavy (non-hydrogen) atoms. The maximum atomic E-state index is 5.11. The molecule has 4 aromatic rings. The van der Waals surface area contributed by atoms with Crippen LogP contribution in [0.15, 0.2) is 36.9 Å². The minimum Gasteiger partial charge on any atom is -0.383 e. The molecule has 0 aliphatic rings. The predicted molar refractivity (Wildman–Crippen MR) is 90.8 cm³/mol. The average Bonchev–Trinajstić information content (AvgIpc) is 3.20. The first-order chi connectivity index (χ1) is 11.7. The highest BCUT2D eigenvalue weighted by atomic mass is 16.5. The summed E-state index contributed by atoms with van der Waals surface area (Å²) < 4.78 is 6.86. The van der Waals surface area contributed by atoms with Gasteiger partial charge in [0.2, 0.25) is 5.95 Å². The Morgan fingerprint density at radius 2 is 2.25 bits per heavy atom. The fourth-order valence-electron chi connectivity index (χ4n) is 2.66. The third-order valence-corrected chi connectivity index (χ3v) is 3.76. The van der Waals surface area contributed by atoms with Crippen molar-refractivity contribution < 1.29 is 4.74 Å². The third kappa shape index (κ3) is 2.56. The number of aromatic nitrogens is 6. The van der Waals surface area contributed by atoms with Gasteiger partial charge in [-0.15, -0.1) is 0 Å². The third-order valence-electron chi connectivity index (χ3n) is 3.76. The number of rotatable bonds is 5. The minimum absolute atomic E-state index is 0.132. The Balaban J connectivity index is 1.69. The molecular weight excluding hydrogens is 306 g/mol. The highest BCUT2D eigenvalue weighted by Gasteiger charge is 2.12. The van der Waals surface area contributed by atoms with Crippen molar-refractivity contribution >= 4 is 22.6 Å². The van der Waals surface area contributed by atoms with E-state index in [0.717, 1.165) is 27.9 Å². The molecule has 0 aliphatic heterocycles. The Kier molecular flexibility index (Phi) is 3.58. The van der Waals surface area contributed by atoms with Gasteiger partial charge in [0.25, 0.3) is 0 Å². The lowest BCUT2D eigenvalue weighted by molar-refractivity contribution is 0.190. The van der Waals surface area contributed by atoms with Crippen LogP contribution < -0.4 is 5.32 Å². The molecule has 8 nitrogen and oxygen atoms in total. The zero-order valence-corrected chi connectivity index (χ0v) is 13.4. The van der Waals surface area contributed by atoms with Crippen LogP contribution in [0.5, 0.6) is 0 Å². The molecule has 4 rings (SSSR count). The lowest BCUT2D eigenvalue weighted by Gasteiger charge is -2.12. The van der Waals surface area contributed by atoms with Crippen LogP contribution >= 0.6 is 0 Å². The maximum absolute atomic E-state index is 5.11. The lowest BCUT2D eigenvalue weighted by atomic mass is 10.2. The van der Waals surface area contributed by atoms with Crippen molar-refractivity contribution in [2.75, 3.05) is 19.0 Å². The van der Waals surface area contributed by atoms with E-state index < -0.39 is 0 Å². The summed E-state index contributed by atoms with van der Waals surface area (Å²) in [6.45, 7) is 2.60. The molecule has 4 heterocycles. The number of aromatic amines is 1. The molecule has 1 atom stereocenters. The average molecular weight is 323 g/mol. The number of anilines is 1. The van der Waals surface area contributed by atoms with Crippen molar-refractivity contribution in [1.29, 1.82) is 0 Å². The second-order valence-corrected chi connectivity index (χ2v) is 5.61. The zero-order chi connectivity index (χ0) is 16.5. The minimum atomic E-state index is 0.132. The van der Waals surface area contributed by atoms with Crippen molar-refractivity contribution in [2.45, 2.75) is 13.0 Å². The van der Waals surface area contributed by atoms with Gasteiger partial charge < -0.3 is 15.0 Å². The van der Waals surface area contributed by atoms with Gasteiger partial charge in [0.05, 0.1) is 12.3 Å². The fourth-order valence-corrected chi connectivity index (χ4v) is 2.66. The Bertz CT molecular complexity index is 990. The van der Waals surface area contributed by atoms with E-state index in [1.807, 2.05) is 31.5 Å². The van der Waals surface area contributed by atoms with Gasteiger partial charge in [0, 0.05) is 48.9 Å². The van der Waals surface area contributed by atoms with Crippen LogP contribution in [-0.4, -0.2) is 49.3 Å². The second-order valence-electron chi connectivity index (χ2n) is 5.61. The molecule has 0 amide bonds. The SMILES string of the molecule is COC[C@H](C)Nc1ncc2c(-c3ccc4nccn4n3)c[nH]c2n1. The van der Waals surface area contributed by atoms with Crippen molar-refractivity contribution in [3.8, 4) is 11.3 Å². The molecule has 0 spiro atoms. The molecule has 0 saturated heterocycles. The topological polar surface area (TPSA) is 93.0 Å². The van der Waals surface area contributed by atoms with Gasteiger partial charge in [0.1, 0.15) is 5.65 Å². The molecular formula is C16H17N7O. The number of fused-ring (bicyclic) bond motifs is 2. The summed E-state index contributed by atoms with van der Waals surface area (Å²) >= 11 is 0. The summed E-state index contributed by atoms with van der Waals surface area (Å²) in [5.74, 6) is 0.568. The van der Waals surface area contributed by atoms with Gasteiger partial charge in [-0.25, -0.2) is 14.5 Å². The predicted octanol–water partition coefficient (Wildman–Crippen LogP) is 2.11. The number of nitrogens with one attached hydrogen (secondary N) is 2. The Labute approximate surface area is 137 Å². The molecule has 0 unspecified atom stereocenters. The molecule has 122 valence electrons. The van der Waals surface area contributed by atoms with Crippen LogP contribution in [0, 0.1) is 0 Å². The van der Waals surface area contributed by atoms with Crippen molar-refractivity contribution in [1.82, 2.24) is 29.5 Å². The van der Waals surface area contributed by atoms with Crippen LogP contribution in [0.2, 0.25) is 0 Å². The number of hydrogen-bond donors (Lipinski definition) is 2. The van der Waals surface area contributed by atoms with Gasteiger partial charge in [0.15, 0.2) is 5.65 Å². The summed E-state index contributed by atoms with van der Waals surface area (Å²) in [7, 11) is 1.67. The number of imidazole rings is 1. The van der Waals surface area contributed by atoms with Gasteiger partial charge in [-0.1, -0.05) is 0 Å². The number of methoxy groups -OCH3 is 1. The molecule has 0 saturated carbocycles. The monoisotopic (exact) mass is 323 g/mol. The van der Waals surface area contributed by atoms with E-state index >= 15 is 0 Å². The number of nitrogens with zero attached hydrogens (tertiary/aromatic N) is 5. The Morgan fingerprint density at radius 1 is 1.33 bits per heavy atom. The number of ether oxygens (including phenoxy) is 1. The lowest BCUT2D eigenvalue weighted by Crippen LogP contribution is -2.22. The van der Waals surface area contributed by atoms with E-state index in [2.05, 4.69) is 30.4 Å². The first kappa shape index (κ1) is 14.6. The molecule has 0 fully saturated rings. The summed E-state index contributed by atoms with van der Waals surface area (Å²) in [5, 5.41) is 8.70. The van der Waals surface area contributed by atoms with E-state index in [4.69, 9.17) is 4.74 Å². The van der Waals surface area contributed by atoms with Gasteiger partial charge in [-0.3, -0.25) is 0 Å². The molecule has 0 bridgehead atoms. The normalized spacial score (nSPS) is 12.8. The maximum Gasteiger partial charge on any atom is 0.224 e. The van der Waals surface area contributed by atoms with E-state index in [-0.39, 0.29) is 6.04 Å². The number of hydrogen-bond acceptors (Lipinski definition) is 6. The molecule has 4 aromatic heterocycles. The zero-order valence-electron chi connectivity index (χ0n) is 13.4. The van der Waals surface area contributed by atoms with Gasteiger partial charge in [-0.05, 0) is 19.1 Å². The van der Waals surface area contributed by atoms with Crippen molar-refractivity contribution in [3.63, 3.8) is 0 Å². The van der Waals surface area contributed by atoms with Crippen molar-refractivity contribution in [2.24, 2.45) is 0 Å². The van der Waals surface area contributed by atoms with E-state index in [1.165, 1.54) is 0 Å². The van der Waals surface area contributed by atoms with Gasteiger partial charge in [-0.2, -0.15) is 10.1 Å². The van der Waals surface area contributed by atoms with Gasteiger partial charge >= 0.3 is 0 Å². The quantitative estimate of drug-likeness (QED) is 0.584. The fraction of sp³-hybridized carbons (Fsp3) is 0.250. The highest BCUT2D eigenvalue weighted by Crippen LogP contribution is 2.26. The standard InChI is InChI=1S/C16H17N7O/c1-10(9-24-2)20-16-19-8-12-11(7-18-15(12)21-16)13-3-4-14-17-5-6-23(14)22-13/h3-8,10H,9H2,1-2H3,(H2,18,19,20,21)/t10-/m0/s1. The molecule has 0 aromatic carbocycles. The Morgan fingerprint density at radius 3 is 3.12 bits per heavy atom. The van der Waals surface area contributed by atoms with Crippen LogP contribution in [-0.2, 0) is 4.74 Å². The number of H-pyrrole nitrogens is 1. The van der Waals surface area contributed by atoms with Crippen LogP contribution in [0.3, 0.4) is 0 Å². The van der Waals surface area contributed by atoms with Crippen LogP contribution in [0.1, 0.15) is 6.92 Å².